The number of fused-ring (bicyclic) bond motifs is 3. The summed E-state index contributed by atoms with van der Waals surface area (Å²) in [5.41, 5.74) is 4.87. The second-order valence-corrected chi connectivity index (χ2v) is 5.04. The van der Waals surface area contributed by atoms with Gasteiger partial charge in [-0.05, 0) is 36.3 Å². The number of aromatic nitrogens is 2. The molecule has 3 rings (SSSR count). The summed E-state index contributed by atoms with van der Waals surface area (Å²) in [5, 5.41) is 1.50. The molecule has 110 valence electrons. The molecule has 0 unspecified atom stereocenters. The molecule has 0 saturated carbocycles. The van der Waals surface area contributed by atoms with Gasteiger partial charge in [0.2, 0.25) is 0 Å². The third-order valence-corrected chi connectivity index (χ3v) is 3.82. The van der Waals surface area contributed by atoms with Crippen LogP contribution in [0.3, 0.4) is 0 Å². The van der Waals surface area contributed by atoms with E-state index in [2.05, 4.69) is 24.2 Å². The summed E-state index contributed by atoms with van der Waals surface area (Å²) in [6.07, 6.45) is 0.760. The number of nitrogens with zero attached hydrogens (tertiary/aromatic N) is 2. The minimum absolute atomic E-state index is 0.103. The Balaban J connectivity index is 0.000000774. The summed E-state index contributed by atoms with van der Waals surface area (Å²) in [4.78, 5) is 17.0. The van der Waals surface area contributed by atoms with Gasteiger partial charge >= 0.3 is 0 Å². The molecule has 3 heteroatoms. The molecule has 0 amide bonds. The molecule has 21 heavy (non-hydrogen) atoms. The van der Waals surface area contributed by atoms with E-state index < -0.39 is 0 Å². The molecule has 0 saturated heterocycles. The van der Waals surface area contributed by atoms with E-state index in [0.717, 1.165) is 39.7 Å². The molecule has 0 aliphatic carbocycles. The molecule has 0 fully saturated rings. The van der Waals surface area contributed by atoms with Crippen molar-refractivity contribution >= 4 is 13.2 Å². The Morgan fingerprint density at radius 1 is 1.29 bits per heavy atom. The van der Waals surface area contributed by atoms with Crippen molar-refractivity contribution in [1.29, 1.82) is 0 Å². The molecule has 2 aromatic heterocycles. The summed E-state index contributed by atoms with van der Waals surface area (Å²) >= 11 is 0. The zero-order valence-electron chi connectivity index (χ0n) is 13.3. The molecule has 0 aromatic carbocycles. The molecule has 3 heterocycles. The highest BCUT2D eigenvalue weighted by Gasteiger charge is 2.22. The topological polar surface area (TPSA) is 34.9 Å². The van der Waals surface area contributed by atoms with Crippen LogP contribution in [0, 0.1) is 6.92 Å². The Labute approximate surface area is 125 Å². The Kier molecular flexibility index (Phi) is 4.12. The fraction of sp³-hybridized carbons (Fsp3) is 0.333. The lowest BCUT2D eigenvalue weighted by molar-refractivity contribution is 0.782. The van der Waals surface area contributed by atoms with Crippen molar-refractivity contribution in [2.75, 3.05) is 0 Å². The maximum Gasteiger partial charge on any atom is 0.254 e. The van der Waals surface area contributed by atoms with Crippen LogP contribution in [0.1, 0.15) is 37.5 Å². The van der Waals surface area contributed by atoms with Gasteiger partial charge in [0, 0.05) is 11.1 Å². The van der Waals surface area contributed by atoms with Crippen LogP contribution in [0.2, 0.25) is 0 Å². The van der Waals surface area contributed by atoms with Crippen LogP contribution in [0.25, 0.3) is 24.5 Å². The molecule has 2 aromatic rings. The fourth-order valence-electron chi connectivity index (χ4n) is 2.75. The van der Waals surface area contributed by atoms with Crippen molar-refractivity contribution < 1.29 is 0 Å². The first-order valence-corrected chi connectivity index (χ1v) is 7.44. The minimum Gasteiger partial charge on any atom is -0.302 e. The SMILES string of the molecule is C=c1cc2c(nc1=C)-c1cc(C)c(CC)c(=O)n1C2.CC. The first kappa shape index (κ1) is 15.2. The molecule has 0 bridgehead atoms. The van der Waals surface area contributed by atoms with E-state index in [1.165, 1.54) is 0 Å². The van der Waals surface area contributed by atoms with Gasteiger partial charge in [0.15, 0.2) is 0 Å². The highest BCUT2D eigenvalue weighted by atomic mass is 16.1. The lowest BCUT2D eigenvalue weighted by Gasteiger charge is -2.08. The largest absolute Gasteiger partial charge is 0.302 e. The predicted octanol–water partition coefficient (Wildman–Crippen LogP) is 1.99. The van der Waals surface area contributed by atoms with Gasteiger partial charge in [-0.1, -0.05) is 33.9 Å². The lowest BCUT2D eigenvalue weighted by atomic mass is 10.1. The van der Waals surface area contributed by atoms with Gasteiger partial charge in [-0.3, -0.25) is 4.79 Å². The maximum atomic E-state index is 12.5. The summed E-state index contributed by atoms with van der Waals surface area (Å²) in [5.74, 6) is 0. The van der Waals surface area contributed by atoms with E-state index in [0.29, 0.717) is 11.9 Å². The van der Waals surface area contributed by atoms with E-state index in [1.54, 1.807) is 0 Å². The van der Waals surface area contributed by atoms with Gasteiger partial charge in [0.05, 0.1) is 23.3 Å². The third kappa shape index (κ3) is 2.33. The van der Waals surface area contributed by atoms with Gasteiger partial charge in [-0.15, -0.1) is 0 Å². The number of pyridine rings is 2. The van der Waals surface area contributed by atoms with Crippen molar-refractivity contribution in [1.82, 2.24) is 9.55 Å². The highest BCUT2D eigenvalue weighted by Crippen LogP contribution is 2.27. The average molecular weight is 282 g/mol. The van der Waals surface area contributed by atoms with E-state index in [9.17, 15) is 4.79 Å². The zero-order valence-corrected chi connectivity index (χ0v) is 13.3. The average Bonchev–Trinajstić information content (AvgIpc) is 2.80. The van der Waals surface area contributed by atoms with E-state index in [4.69, 9.17) is 0 Å². The molecular formula is C18H22N2O. The second kappa shape index (κ2) is 5.68. The van der Waals surface area contributed by atoms with E-state index in [1.807, 2.05) is 38.3 Å². The van der Waals surface area contributed by atoms with Crippen molar-refractivity contribution in [2.24, 2.45) is 0 Å². The van der Waals surface area contributed by atoms with Gasteiger partial charge in [0.1, 0.15) is 0 Å². The Morgan fingerprint density at radius 3 is 2.57 bits per heavy atom. The van der Waals surface area contributed by atoms with Crippen LogP contribution < -0.4 is 16.1 Å². The molecule has 0 spiro atoms. The third-order valence-electron chi connectivity index (χ3n) is 3.82. The number of hydrogen-bond donors (Lipinski definition) is 0. The highest BCUT2D eigenvalue weighted by molar-refractivity contribution is 5.65. The Bertz CT molecular complexity index is 847. The van der Waals surface area contributed by atoms with Crippen molar-refractivity contribution in [3.8, 4) is 11.4 Å². The molecule has 0 N–H and O–H groups in total. The maximum absolute atomic E-state index is 12.5. The quantitative estimate of drug-likeness (QED) is 0.684. The van der Waals surface area contributed by atoms with Gasteiger partial charge in [0.25, 0.3) is 5.56 Å². The molecule has 0 radical (unpaired) electrons. The number of aryl methyl sites for hydroxylation is 1. The fourth-order valence-corrected chi connectivity index (χ4v) is 2.75. The van der Waals surface area contributed by atoms with Crippen LogP contribution >= 0.6 is 0 Å². The minimum atomic E-state index is 0.103. The van der Waals surface area contributed by atoms with Crippen LogP contribution in [-0.4, -0.2) is 9.55 Å². The molecule has 1 aliphatic rings. The Hall–Kier alpha value is -2.16. The lowest BCUT2D eigenvalue weighted by Crippen LogP contribution is -2.25. The molecule has 1 aliphatic heterocycles. The monoisotopic (exact) mass is 282 g/mol. The smallest absolute Gasteiger partial charge is 0.254 e. The number of hydrogen-bond acceptors (Lipinski definition) is 2. The van der Waals surface area contributed by atoms with Crippen molar-refractivity contribution in [3.63, 3.8) is 0 Å². The predicted molar refractivity (Wildman–Crippen MR) is 88.8 cm³/mol. The van der Waals surface area contributed by atoms with Gasteiger partial charge in [-0.2, -0.15) is 0 Å². The normalized spacial score (nSPS) is 11.4. The van der Waals surface area contributed by atoms with Crippen molar-refractivity contribution in [3.05, 3.63) is 49.7 Å². The summed E-state index contributed by atoms with van der Waals surface area (Å²) < 4.78 is 1.81. The van der Waals surface area contributed by atoms with Gasteiger partial charge < -0.3 is 4.57 Å². The molecule has 3 nitrogen and oxygen atoms in total. The zero-order chi connectivity index (χ0) is 15.7. The first-order valence-electron chi connectivity index (χ1n) is 7.44. The van der Waals surface area contributed by atoms with Crippen LogP contribution in [0.15, 0.2) is 16.9 Å². The van der Waals surface area contributed by atoms with Crippen LogP contribution in [0.5, 0.6) is 0 Å². The van der Waals surface area contributed by atoms with E-state index >= 15 is 0 Å². The molecular weight excluding hydrogens is 260 g/mol. The standard InChI is InChI=1S/C16H16N2O.C2H6/c1-5-13-10(3)7-14-15-12(8-18(14)16(13)19)6-9(2)11(4)17-15;1-2/h6-7H,2,4-5,8H2,1,3H3;1-2H3. The van der Waals surface area contributed by atoms with Crippen LogP contribution in [-0.2, 0) is 13.0 Å². The Morgan fingerprint density at radius 2 is 1.95 bits per heavy atom. The van der Waals surface area contributed by atoms with E-state index in [-0.39, 0.29) is 5.56 Å². The van der Waals surface area contributed by atoms with Crippen molar-refractivity contribution in [2.45, 2.75) is 40.7 Å². The number of rotatable bonds is 1. The first-order chi connectivity index (χ1) is 10.0. The summed E-state index contributed by atoms with van der Waals surface area (Å²) in [7, 11) is 0. The summed E-state index contributed by atoms with van der Waals surface area (Å²) in [6.45, 7) is 16.4. The van der Waals surface area contributed by atoms with Crippen LogP contribution in [0.4, 0.5) is 0 Å². The molecule has 0 atom stereocenters. The summed E-state index contributed by atoms with van der Waals surface area (Å²) in [6, 6.07) is 4.04. The van der Waals surface area contributed by atoms with Gasteiger partial charge in [-0.25, -0.2) is 4.98 Å². The second-order valence-electron chi connectivity index (χ2n) is 5.04.